The summed E-state index contributed by atoms with van der Waals surface area (Å²) < 4.78 is 0. The number of carbonyl (C=O) groups excluding carboxylic acids is 3. The number of aryl methyl sites for hydroxylation is 2. The van der Waals surface area contributed by atoms with E-state index in [1.54, 1.807) is 11.7 Å². The van der Waals surface area contributed by atoms with E-state index >= 15 is 0 Å². The number of Topliss-reactive ketones (excluding diaryl/α,β-unsaturated/α-hetero) is 1. The molecule has 1 aromatic heterocycles. The summed E-state index contributed by atoms with van der Waals surface area (Å²) in [4.78, 5) is 42.4. The highest BCUT2D eigenvalue weighted by molar-refractivity contribution is 6.11. The lowest BCUT2D eigenvalue weighted by Crippen LogP contribution is -2.45. The molecule has 0 aliphatic heterocycles. The van der Waals surface area contributed by atoms with Crippen LogP contribution in [0.2, 0.25) is 0 Å². The van der Waals surface area contributed by atoms with Gasteiger partial charge in [0.1, 0.15) is 0 Å². The molecule has 4 N–H and O–H groups in total. The zero-order chi connectivity index (χ0) is 27.6. The average molecular weight is 526 g/mol. The number of benzene rings is 3. The number of aromatic amines is 1. The molecule has 0 bridgehead atoms. The van der Waals surface area contributed by atoms with Crippen LogP contribution in [-0.2, 0) is 22.4 Å². The van der Waals surface area contributed by atoms with Crippen molar-refractivity contribution in [3.63, 3.8) is 0 Å². The second-order valence-electron chi connectivity index (χ2n) is 10.0. The SMILES string of the molecule is Cc1ccc(CCCC[C@H](CC(=O)NO)C(=O)N[C@@H](Cc2ccccc2)C(=O)c2c[nH]c3ccccc23)cc1. The number of amides is 2. The van der Waals surface area contributed by atoms with Crippen molar-refractivity contribution in [3.05, 3.63) is 107 Å². The minimum absolute atomic E-state index is 0.161. The molecular formula is C32H35N3O4. The number of unbranched alkanes of at least 4 members (excludes halogenated alkanes) is 1. The van der Waals surface area contributed by atoms with Crippen LogP contribution in [0.15, 0.2) is 85.1 Å². The summed E-state index contributed by atoms with van der Waals surface area (Å²) in [7, 11) is 0. The van der Waals surface area contributed by atoms with Gasteiger partial charge in [-0.15, -0.1) is 0 Å². The summed E-state index contributed by atoms with van der Waals surface area (Å²) in [5, 5.41) is 12.9. The molecule has 4 rings (SSSR count). The Kier molecular flexibility index (Phi) is 9.64. The third kappa shape index (κ3) is 7.65. The topological polar surface area (TPSA) is 111 Å². The first-order valence-corrected chi connectivity index (χ1v) is 13.4. The number of aromatic nitrogens is 1. The van der Waals surface area contributed by atoms with Gasteiger partial charge >= 0.3 is 0 Å². The summed E-state index contributed by atoms with van der Waals surface area (Å²) in [5.74, 6) is -1.88. The van der Waals surface area contributed by atoms with Crippen LogP contribution in [0.25, 0.3) is 10.9 Å². The molecule has 2 atom stereocenters. The van der Waals surface area contributed by atoms with Gasteiger partial charge in [-0.2, -0.15) is 0 Å². The van der Waals surface area contributed by atoms with Gasteiger partial charge in [-0.1, -0.05) is 84.8 Å². The van der Waals surface area contributed by atoms with Gasteiger partial charge in [0.05, 0.1) is 6.04 Å². The molecule has 7 nitrogen and oxygen atoms in total. The normalized spacial score (nSPS) is 12.6. The first kappa shape index (κ1) is 27.8. The maximum atomic E-state index is 13.7. The van der Waals surface area contributed by atoms with Crippen molar-refractivity contribution in [2.24, 2.45) is 5.92 Å². The average Bonchev–Trinajstić information content (AvgIpc) is 3.39. The third-order valence-corrected chi connectivity index (χ3v) is 7.09. The van der Waals surface area contributed by atoms with Gasteiger partial charge in [0, 0.05) is 41.4 Å². The number of nitrogens with one attached hydrogen (secondary N) is 3. The number of hydrogen-bond donors (Lipinski definition) is 4. The fourth-order valence-electron chi connectivity index (χ4n) is 4.88. The van der Waals surface area contributed by atoms with Crippen LogP contribution in [0.5, 0.6) is 0 Å². The number of rotatable bonds is 13. The molecule has 2 amide bonds. The van der Waals surface area contributed by atoms with Gasteiger partial charge in [-0.25, -0.2) is 5.48 Å². The number of H-pyrrole nitrogens is 1. The van der Waals surface area contributed by atoms with Gasteiger partial charge in [0.15, 0.2) is 5.78 Å². The van der Waals surface area contributed by atoms with Crippen LogP contribution in [0, 0.1) is 12.8 Å². The van der Waals surface area contributed by atoms with E-state index < -0.39 is 17.9 Å². The molecule has 0 spiro atoms. The molecule has 0 saturated heterocycles. The highest BCUT2D eigenvalue weighted by atomic mass is 16.5. The molecular weight excluding hydrogens is 490 g/mol. The standard InChI is InChI=1S/C32H35N3O4/c1-22-15-17-23(18-16-22)9-5-6-12-25(20-30(36)35-39)32(38)34-29(19-24-10-3-2-4-11-24)31(37)27-21-33-28-14-8-7-13-26(27)28/h2-4,7-8,10-11,13-18,21,25,29,33,39H,5-6,9,12,19-20H2,1H3,(H,34,38)(H,35,36)/t25-,29+/m1/s1. The molecule has 4 aromatic rings. The lowest BCUT2D eigenvalue weighted by Gasteiger charge is -2.22. The maximum absolute atomic E-state index is 13.7. The zero-order valence-corrected chi connectivity index (χ0v) is 22.2. The molecule has 7 heteroatoms. The fourth-order valence-corrected chi connectivity index (χ4v) is 4.88. The minimum Gasteiger partial charge on any atom is -0.360 e. The molecule has 1 heterocycles. The second kappa shape index (κ2) is 13.5. The van der Waals surface area contributed by atoms with Crippen molar-refractivity contribution >= 4 is 28.5 Å². The predicted octanol–water partition coefficient (Wildman–Crippen LogP) is 5.31. The van der Waals surface area contributed by atoms with Gasteiger partial charge in [0.25, 0.3) is 0 Å². The van der Waals surface area contributed by atoms with E-state index in [0.717, 1.165) is 35.7 Å². The Bertz CT molecular complexity index is 1400. The number of ketones is 1. The van der Waals surface area contributed by atoms with Crippen molar-refractivity contribution < 1.29 is 19.6 Å². The van der Waals surface area contributed by atoms with E-state index in [4.69, 9.17) is 5.21 Å². The highest BCUT2D eigenvalue weighted by Crippen LogP contribution is 2.22. The van der Waals surface area contributed by atoms with Crippen molar-refractivity contribution in [3.8, 4) is 0 Å². The Morgan fingerprint density at radius 1 is 0.872 bits per heavy atom. The first-order chi connectivity index (χ1) is 18.9. The van der Waals surface area contributed by atoms with Crippen LogP contribution >= 0.6 is 0 Å². The van der Waals surface area contributed by atoms with E-state index in [2.05, 4.69) is 34.6 Å². The van der Waals surface area contributed by atoms with Crippen LogP contribution in [0.4, 0.5) is 0 Å². The van der Waals surface area contributed by atoms with Crippen molar-refractivity contribution in [1.29, 1.82) is 0 Å². The van der Waals surface area contributed by atoms with Crippen LogP contribution in [0.1, 0.15) is 52.7 Å². The number of hydrogen-bond acceptors (Lipinski definition) is 4. The molecule has 0 fully saturated rings. The first-order valence-electron chi connectivity index (χ1n) is 13.4. The van der Waals surface area contributed by atoms with Gasteiger partial charge in [0.2, 0.25) is 11.8 Å². The molecule has 0 saturated carbocycles. The summed E-state index contributed by atoms with van der Waals surface area (Å²) in [6.07, 6.45) is 4.75. The Morgan fingerprint density at radius 3 is 2.33 bits per heavy atom. The number of para-hydroxylation sites is 1. The predicted molar refractivity (Wildman–Crippen MR) is 151 cm³/mol. The van der Waals surface area contributed by atoms with E-state index in [-0.39, 0.29) is 18.1 Å². The van der Waals surface area contributed by atoms with Gasteiger partial charge < -0.3 is 10.3 Å². The minimum atomic E-state index is -0.814. The molecule has 0 radical (unpaired) electrons. The summed E-state index contributed by atoms with van der Waals surface area (Å²) in [6, 6.07) is 24.6. The summed E-state index contributed by atoms with van der Waals surface area (Å²) >= 11 is 0. The van der Waals surface area contributed by atoms with Crippen LogP contribution in [-0.4, -0.2) is 33.8 Å². The fraction of sp³-hybridized carbons (Fsp3) is 0.281. The molecule has 202 valence electrons. The van der Waals surface area contributed by atoms with Crippen molar-refractivity contribution in [2.45, 2.75) is 51.5 Å². The van der Waals surface area contributed by atoms with Crippen LogP contribution < -0.4 is 10.8 Å². The molecule has 3 aromatic carbocycles. The lowest BCUT2D eigenvalue weighted by molar-refractivity contribution is -0.135. The van der Waals surface area contributed by atoms with E-state index in [9.17, 15) is 14.4 Å². The van der Waals surface area contributed by atoms with Crippen molar-refractivity contribution in [2.75, 3.05) is 0 Å². The largest absolute Gasteiger partial charge is 0.360 e. The van der Waals surface area contributed by atoms with Gasteiger partial charge in [-0.3, -0.25) is 19.6 Å². The monoisotopic (exact) mass is 525 g/mol. The molecule has 0 aliphatic carbocycles. The lowest BCUT2D eigenvalue weighted by atomic mass is 9.93. The quantitative estimate of drug-likeness (QED) is 0.0820. The Labute approximate surface area is 228 Å². The van der Waals surface area contributed by atoms with E-state index in [1.807, 2.05) is 61.5 Å². The van der Waals surface area contributed by atoms with Crippen molar-refractivity contribution in [1.82, 2.24) is 15.8 Å². The molecule has 0 unspecified atom stereocenters. The Balaban J connectivity index is 1.48. The third-order valence-electron chi connectivity index (χ3n) is 7.09. The highest BCUT2D eigenvalue weighted by Gasteiger charge is 2.29. The Hall–Kier alpha value is -4.23. The zero-order valence-electron chi connectivity index (χ0n) is 22.2. The smallest absolute Gasteiger partial charge is 0.244 e. The number of carbonyl (C=O) groups is 3. The van der Waals surface area contributed by atoms with E-state index in [1.165, 1.54) is 11.1 Å². The Morgan fingerprint density at radius 2 is 1.59 bits per heavy atom. The summed E-state index contributed by atoms with van der Waals surface area (Å²) in [6.45, 7) is 2.05. The number of hydroxylamine groups is 1. The van der Waals surface area contributed by atoms with Crippen LogP contribution in [0.3, 0.4) is 0 Å². The summed E-state index contributed by atoms with van der Waals surface area (Å²) in [5.41, 5.74) is 6.34. The van der Waals surface area contributed by atoms with Gasteiger partial charge in [-0.05, 0) is 43.4 Å². The molecule has 0 aliphatic rings. The second-order valence-corrected chi connectivity index (χ2v) is 10.0. The number of fused-ring (bicyclic) bond motifs is 1. The van der Waals surface area contributed by atoms with E-state index in [0.29, 0.717) is 18.4 Å². The maximum Gasteiger partial charge on any atom is 0.244 e. The molecule has 39 heavy (non-hydrogen) atoms.